The molecule has 0 radical (unpaired) electrons. The van der Waals surface area contributed by atoms with Crippen LogP contribution in [-0.4, -0.2) is 0 Å². The highest BCUT2D eigenvalue weighted by Gasteiger charge is 2.23. The minimum absolute atomic E-state index is 0.599. The van der Waals surface area contributed by atoms with Crippen LogP contribution >= 0.6 is 0 Å². The molecular weight excluding hydrogens is 276 g/mol. The lowest BCUT2D eigenvalue weighted by atomic mass is 9.85. The van der Waals surface area contributed by atoms with E-state index in [1.807, 2.05) is 0 Å². The zero-order chi connectivity index (χ0) is 15.6. The Morgan fingerprint density at radius 3 is 2.35 bits per heavy atom. The third-order valence-corrected chi connectivity index (χ3v) is 5.14. The van der Waals surface area contributed by atoms with E-state index < -0.39 is 0 Å². The van der Waals surface area contributed by atoms with Gasteiger partial charge < -0.3 is 0 Å². The fourth-order valence-corrected chi connectivity index (χ4v) is 3.94. The maximum Gasteiger partial charge on any atom is -0.00106 e. The van der Waals surface area contributed by atoms with E-state index in [0.29, 0.717) is 5.92 Å². The second kappa shape index (κ2) is 6.04. The topological polar surface area (TPSA) is 0 Å². The highest BCUT2D eigenvalue weighted by atomic mass is 14.3. The average molecular weight is 298 g/mol. The Morgan fingerprint density at radius 1 is 0.783 bits per heavy atom. The molecule has 0 nitrogen and oxygen atoms in total. The van der Waals surface area contributed by atoms with Gasteiger partial charge in [-0.15, -0.1) is 0 Å². The van der Waals surface area contributed by atoms with Crippen LogP contribution in [0.4, 0.5) is 0 Å². The Labute approximate surface area is 138 Å². The average Bonchev–Trinajstić information content (AvgIpc) is 2.99. The van der Waals surface area contributed by atoms with Gasteiger partial charge in [-0.05, 0) is 58.6 Å². The van der Waals surface area contributed by atoms with Crippen molar-refractivity contribution in [2.45, 2.75) is 32.1 Å². The highest BCUT2D eigenvalue weighted by molar-refractivity contribution is 5.78. The highest BCUT2D eigenvalue weighted by Crippen LogP contribution is 2.41. The summed E-state index contributed by atoms with van der Waals surface area (Å²) in [4.78, 5) is 0. The predicted molar refractivity (Wildman–Crippen MR) is 97.9 cm³/mol. The minimum Gasteiger partial charge on any atom is -0.0648 e. The predicted octanol–water partition coefficient (Wildman–Crippen LogP) is 5.99. The molecule has 0 bridgehead atoms. The second-order valence-electron chi connectivity index (χ2n) is 6.50. The van der Waals surface area contributed by atoms with Crippen molar-refractivity contribution >= 4 is 0 Å². The van der Waals surface area contributed by atoms with Crippen molar-refractivity contribution < 1.29 is 0 Å². The zero-order valence-corrected chi connectivity index (χ0v) is 13.6. The van der Waals surface area contributed by atoms with Gasteiger partial charge in [-0.1, -0.05) is 79.7 Å². The largest absolute Gasteiger partial charge is 0.0648 e. The fraction of sp³-hybridized carbons (Fsp3) is 0.217. The molecular formula is C23H22. The monoisotopic (exact) mass is 298 g/mol. The summed E-state index contributed by atoms with van der Waals surface area (Å²) >= 11 is 0. The number of fused-ring (bicyclic) bond motifs is 3. The molecule has 0 saturated heterocycles. The van der Waals surface area contributed by atoms with Crippen LogP contribution < -0.4 is 0 Å². The lowest BCUT2D eigenvalue weighted by Crippen LogP contribution is -2.05. The molecule has 1 aliphatic carbocycles. The number of hydrogen-bond donors (Lipinski definition) is 0. The summed E-state index contributed by atoms with van der Waals surface area (Å²) < 4.78 is 0. The summed E-state index contributed by atoms with van der Waals surface area (Å²) in [7, 11) is 0. The zero-order valence-electron chi connectivity index (χ0n) is 13.6. The van der Waals surface area contributed by atoms with Crippen molar-refractivity contribution in [2.75, 3.05) is 0 Å². The molecule has 0 amide bonds. The molecule has 0 N–H and O–H groups in total. The van der Waals surface area contributed by atoms with Gasteiger partial charge in [-0.25, -0.2) is 0 Å². The van der Waals surface area contributed by atoms with E-state index in [-0.39, 0.29) is 0 Å². The first-order valence-corrected chi connectivity index (χ1v) is 8.60. The molecule has 1 atom stereocenters. The molecule has 0 saturated carbocycles. The molecule has 3 aromatic carbocycles. The van der Waals surface area contributed by atoms with E-state index in [2.05, 4.69) is 79.7 Å². The van der Waals surface area contributed by atoms with Gasteiger partial charge in [0.25, 0.3) is 0 Å². The summed E-state index contributed by atoms with van der Waals surface area (Å²) in [5.74, 6) is 0.599. The van der Waals surface area contributed by atoms with Crippen LogP contribution in [0.1, 0.15) is 41.5 Å². The van der Waals surface area contributed by atoms with Gasteiger partial charge in [0.15, 0.2) is 0 Å². The number of hydrogen-bond acceptors (Lipinski definition) is 0. The van der Waals surface area contributed by atoms with Gasteiger partial charge in [0.1, 0.15) is 0 Å². The van der Waals surface area contributed by atoms with Crippen LogP contribution in [0.15, 0.2) is 72.8 Å². The number of benzene rings is 3. The summed E-state index contributed by atoms with van der Waals surface area (Å²) in [5, 5.41) is 0. The Balaban J connectivity index is 1.72. The van der Waals surface area contributed by atoms with Gasteiger partial charge in [0, 0.05) is 0 Å². The first-order chi connectivity index (χ1) is 11.4. The SMILES string of the molecule is CCC(Cc1ccccc1)c1cccc2c1Cc1ccccc1-2. The van der Waals surface area contributed by atoms with E-state index in [4.69, 9.17) is 0 Å². The summed E-state index contributed by atoms with van der Waals surface area (Å²) in [6, 6.07) is 26.6. The molecule has 1 aliphatic rings. The molecule has 0 aliphatic heterocycles. The molecule has 23 heavy (non-hydrogen) atoms. The maximum atomic E-state index is 2.35. The molecule has 0 fully saturated rings. The molecule has 1 unspecified atom stereocenters. The molecule has 0 heteroatoms. The quantitative estimate of drug-likeness (QED) is 0.434. The first-order valence-electron chi connectivity index (χ1n) is 8.60. The second-order valence-corrected chi connectivity index (χ2v) is 6.50. The van der Waals surface area contributed by atoms with Gasteiger partial charge in [-0.3, -0.25) is 0 Å². The first kappa shape index (κ1) is 14.3. The van der Waals surface area contributed by atoms with Gasteiger partial charge in [-0.2, -0.15) is 0 Å². The van der Waals surface area contributed by atoms with E-state index in [9.17, 15) is 0 Å². The van der Waals surface area contributed by atoms with Crippen molar-refractivity contribution in [3.05, 3.63) is 95.1 Å². The van der Waals surface area contributed by atoms with Crippen LogP contribution in [0.3, 0.4) is 0 Å². The number of rotatable bonds is 4. The van der Waals surface area contributed by atoms with Crippen molar-refractivity contribution in [3.8, 4) is 11.1 Å². The van der Waals surface area contributed by atoms with Crippen molar-refractivity contribution in [3.63, 3.8) is 0 Å². The molecule has 0 spiro atoms. The molecule has 114 valence electrons. The molecule has 0 heterocycles. The normalized spacial score (nSPS) is 13.4. The lowest BCUT2D eigenvalue weighted by Gasteiger charge is -2.19. The van der Waals surface area contributed by atoms with Gasteiger partial charge in [0.2, 0.25) is 0 Å². The van der Waals surface area contributed by atoms with Gasteiger partial charge >= 0.3 is 0 Å². The smallest absolute Gasteiger partial charge is 0.00106 e. The standard InChI is InChI=1S/C23H22/c1-2-18(15-17-9-4-3-5-10-17)20-13-8-14-22-21-12-7-6-11-19(21)16-23(20)22/h3-14,18H,2,15-16H2,1H3. The van der Waals surface area contributed by atoms with Crippen LogP contribution in [-0.2, 0) is 12.8 Å². The van der Waals surface area contributed by atoms with Crippen LogP contribution in [0.25, 0.3) is 11.1 Å². The summed E-state index contributed by atoms with van der Waals surface area (Å²) in [6.45, 7) is 2.31. The van der Waals surface area contributed by atoms with Gasteiger partial charge in [0.05, 0.1) is 0 Å². The van der Waals surface area contributed by atoms with E-state index in [0.717, 1.165) is 12.8 Å². The molecule has 0 aromatic heterocycles. The maximum absolute atomic E-state index is 2.35. The Bertz CT molecular complexity index is 814. The van der Waals surface area contributed by atoms with E-state index in [1.165, 1.54) is 28.7 Å². The molecule has 4 rings (SSSR count). The minimum atomic E-state index is 0.599. The third kappa shape index (κ3) is 2.59. The van der Waals surface area contributed by atoms with Crippen molar-refractivity contribution in [2.24, 2.45) is 0 Å². The van der Waals surface area contributed by atoms with Crippen molar-refractivity contribution in [1.82, 2.24) is 0 Å². The van der Waals surface area contributed by atoms with E-state index in [1.54, 1.807) is 11.1 Å². The third-order valence-electron chi connectivity index (χ3n) is 5.14. The summed E-state index contributed by atoms with van der Waals surface area (Å²) in [6.07, 6.45) is 3.40. The Morgan fingerprint density at radius 2 is 1.52 bits per heavy atom. The lowest BCUT2D eigenvalue weighted by molar-refractivity contribution is 0.655. The summed E-state index contributed by atoms with van der Waals surface area (Å²) in [5.41, 5.74) is 8.89. The van der Waals surface area contributed by atoms with E-state index >= 15 is 0 Å². The van der Waals surface area contributed by atoms with Crippen molar-refractivity contribution in [1.29, 1.82) is 0 Å². The Kier molecular flexibility index (Phi) is 3.75. The van der Waals surface area contributed by atoms with Crippen LogP contribution in [0.2, 0.25) is 0 Å². The van der Waals surface area contributed by atoms with Crippen LogP contribution in [0, 0.1) is 0 Å². The fourth-order valence-electron chi connectivity index (χ4n) is 3.94. The molecule has 3 aromatic rings. The Hall–Kier alpha value is -2.34. The van der Waals surface area contributed by atoms with Crippen LogP contribution in [0.5, 0.6) is 0 Å².